The van der Waals surface area contributed by atoms with Crippen molar-refractivity contribution in [1.29, 1.82) is 0 Å². The number of aromatic amines is 1. The highest BCUT2D eigenvalue weighted by atomic mass is 16.2. The van der Waals surface area contributed by atoms with E-state index < -0.39 is 5.69 Å². The first-order chi connectivity index (χ1) is 12.1. The Hall–Kier alpha value is -3.41. The maximum Gasteiger partial charge on any atom is 0.334 e. The van der Waals surface area contributed by atoms with E-state index in [0.29, 0.717) is 29.0 Å². The van der Waals surface area contributed by atoms with Gasteiger partial charge in [-0.2, -0.15) is 0 Å². The van der Waals surface area contributed by atoms with Gasteiger partial charge in [-0.3, -0.25) is 14.6 Å². The molecule has 6 heteroatoms. The van der Waals surface area contributed by atoms with Crippen molar-refractivity contribution in [2.24, 2.45) is 0 Å². The molecule has 2 aliphatic rings. The molecule has 1 aromatic carbocycles. The highest BCUT2D eigenvalue weighted by Crippen LogP contribution is 2.24. The van der Waals surface area contributed by atoms with E-state index in [2.05, 4.69) is 4.98 Å². The summed E-state index contributed by atoms with van der Waals surface area (Å²) in [4.78, 5) is 40.1. The molecule has 2 heterocycles. The van der Waals surface area contributed by atoms with Gasteiger partial charge in [0.2, 0.25) is 0 Å². The van der Waals surface area contributed by atoms with Crippen LogP contribution in [0.1, 0.15) is 6.92 Å². The summed E-state index contributed by atoms with van der Waals surface area (Å²) in [5.41, 5.74) is 1.38. The van der Waals surface area contributed by atoms with E-state index in [-0.39, 0.29) is 11.0 Å². The molecule has 0 amide bonds. The van der Waals surface area contributed by atoms with Crippen molar-refractivity contribution >= 4 is 11.0 Å². The molecule has 6 nitrogen and oxygen atoms in total. The second kappa shape index (κ2) is 5.59. The van der Waals surface area contributed by atoms with Gasteiger partial charge in [-0.15, -0.1) is 0 Å². The minimum absolute atomic E-state index is 0.117. The maximum absolute atomic E-state index is 13.0. The van der Waals surface area contributed by atoms with Crippen molar-refractivity contribution in [2.45, 2.75) is 13.5 Å². The van der Waals surface area contributed by atoms with Gasteiger partial charge >= 0.3 is 5.69 Å². The van der Waals surface area contributed by atoms with Gasteiger partial charge < -0.3 is 4.57 Å². The smallest absolute Gasteiger partial charge is 0.327 e. The largest absolute Gasteiger partial charge is 0.334 e. The van der Waals surface area contributed by atoms with Crippen LogP contribution < -0.4 is 16.7 Å². The molecule has 2 aromatic rings. The van der Waals surface area contributed by atoms with E-state index >= 15 is 0 Å². The van der Waals surface area contributed by atoms with E-state index in [1.54, 1.807) is 41.0 Å². The topological polar surface area (TPSA) is 76.9 Å². The number of fused-ring (bicyclic) bond motifs is 2. The van der Waals surface area contributed by atoms with Crippen molar-refractivity contribution in [3.63, 3.8) is 0 Å². The minimum atomic E-state index is -0.511. The van der Waals surface area contributed by atoms with Gasteiger partial charge in [0.25, 0.3) is 5.56 Å². The predicted molar refractivity (Wildman–Crippen MR) is 96.7 cm³/mol. The van der Waals surface area contributed by atoms with Crippen LogP contribution in [0.4, 0.5) is 0 Å². The number of pyridine rings is 1. The molecule has 1 aliphatic carbocycles. The normalized spacial score (nSPS) is 11.2. The average molecular weight is 333 g/mol. The quantitative estimate of drug-likeness (QED) is 0.570. The molecule has 25 heavy (non-hydrogen) atoms. The monoisotopic (exact) mass is 333 g/mol. The summed E-state index contributed by atoms with van der Waals surface area (Å²) in [6, 6.07) is 15.2. The number of nitrogens with one attached hydrogen (secondary N) is 1. The zero-order valence-corrected chi connectivity index (χ0v) is 13.5. The van der Waals surface area contributed by atoms with Crippen LogP contribution >= 0.6 is 0 Å². The number of aromatic nitrogens is 3. The lowest BCUT2D eigenvalue weighted by molar-refractivity contribution is 0.771. The van der Waals surface area contributed by atoms with Crippen molar-refractivity contribution in [1.82, 2.24) is 14.1 Å². The number of H-pyrrole nitrogens is 1. The number of benzene rings is 2. The van der Waals surface area contributed by atoms with E-state index in [0.717, 1.165) is 10.1 Å². The molecule has 1 aromatic heterocycles. The van der Waals surface area contributed by atoms with Gasteiger partial charge in [-0.1, -0.05) is 18.2 Å². The van der Waals surface area contributed by atoms with Gasteiger partial charge in [0, 0.05) is 12.6 Å². The summed E-state index contributed by atoms with van der Waals surface area (Å²) in [6.07, 6.45) is 0. The lowest BCUT2D eigenvalue weighted by atomic mass is 10.1. The molecular weight excluding hydrogens is 318 g/mol. The first kappa shape index (κ1) is 15.1. The molecule has 0 saturated carbocycles. The number of hydrogen-bond donors (Lipinski definition) is 1. The summed E-state index contributed by atoms with van der Waals surface area (Å²) in [5, 5.41) is 0.399. The highest BCUT2D eigenvalue weighted by Gasteiger charge is 2.16. The molecule has 0 radical (unpaired) electrons. The Morgan fingerprint density at radius 1 is 0.960 bits per heavy atom. The molecule has 0 unspecified atom stereocenters. The summed E-state index contributed by atoms with van der Waals surface area (Å²) in [5.74, 6) is 0. The van der Waals surface area contributed by atoms with Gasteiger partial charge in [-0.25, -0.2) is 9.36 Å². The fraction of sp³-hybridized carbons (Fsp3) is 0.105. The predicted octanol–water partition coefficient (Wildman–Crippen LogP) is 1.97. The Bertz CT molecular complexity index is 1230. The van der Waals surface area contributed by atoms with Gasteiger partial charge in [0.15, 0.2) is 5.43 Å². The van der Waals surface area contributed by atoms with Gasteiger partial charge in [0.05, 0.1) is 16.8 Å². The molecule has 1 N–H and O–H groups in total. The molecule has 1 aliphatic heterocycles. The van der Waals surface area contributed by atoms with Crippen LogP contribution in [0.2, 0.25) is 0 Å². The van der Waals surface area contributed by atoms with Crippen LogP contribution in [0.15, 0.2) is 69.0 Å². The van der Waals surface area contributed by atoms with Crippen LogP contribution in [-0.4, -0.2) is 14.1 Å². The molecule has 0 atom stereocenters. The van der Waals surface area contributed by atoms with Crippen LogP contribution in [0, 0.1) is 0 Å². The molecular formula is C19H15N3O3. The third-order valence-corrected chi connectivity index (χ3v) is 4.31. The van der Waals surface area contributed by atoms with Crippen molar-refractivity contribution in [2.75, 3.05) is 0 Å². The van der Waals surface area contributed by atoms with Gasteiger partial charge in [-0.05, 0) is 42.8 Å². The summed E-state index contributed by atoms with van der Waals surface area (Å²) >= 11 is 0. The fourth-order valence-corrected chi connectivity index (χ4v) is 3.18. The zero-order valence-electron chi connectivity index (χ0n) is 13.5. The number of hydrogen-bond acceptors (Lipinski definition) is 3. The number of nitrogens with zero attached hydrogens (tertiary/aromatic N) is 2. The number of rotatable bonds is 2. The number of aryl methyl sites for hydroxylation is 1. The SMILES string of the molecule is CCn1c2cc(=O)ccc-2cc2c(=O)n(-c3ccccc3)c(=O)[nH]c21. The Morgan fingerprint density at radius 2 is 1.72 bits per heavy atom. The Balaban J connectivity index is 2.20. The van der Waals surface area contributed by atoms with E-state index in [1.165, 1.54) is 12.1 Å². The van der Waals surface area contributed by atoms with E-state index in [4.69, 9.17) is 0 Å². The average Bonchev–Trinajstić information content (AvgIpc) is 2.61. The van der Waals surface area contributed by atoms with E-state index in [1.807, 2.05) is 13.0 Å². The fourth-order valence-electron chi connectivity index (χ4n) is 3.18. The first-order valence-corrected chi connectivity index (χ1v) is 7.98. The molecule has 0 bridgehead atoms. The van der Waals surface area contributed by atoms with Gasteiger partial charge in [0.1, 0.15) is 5.65 Å². The molecule has 4 rings (SSSR count). The summed E-state index contributed by atoms with van der Waals surface area (Å²) < 4.78 is 2.90. The molecule has 0 saturated heterocycles. The Kier molecular flexibility index (Phi) is 3.39. The second-order valence-electron chi connectivity index (χ2n) is 5.78. The third kappa shape index (κ3) is 2.30. The lowest BCUT2D eigenvalue weighted by Crippen LogP contribution is -2.34. The number of para-hydroxylation sites is 1. The molecule has 0 spiro atoms. The van der Waals surface area contributed by atoms with E-state index in [9.17, 15) is 14.4 Å². The van der Waals surface area contributed by atoms with Crippen LogP contribution in [0.3, 0.4) is 0 Å². The van der Waals surface area contributed by atoms with Crippen molar-refractivity contribution in [3.8, 4) is 16.9 Å². The third-order valence-electron chi connectivity index (χ3n) is 4.31. The molecule has 124 valence electrons. The summed E-state index contributed by atoms with van der Waals surface area (Å²) in [7, 11) is 0. The Morgan fingerprint density at radius 3 is 2.44 bits per heavy atom. The zero-order chi connectivity index (χ0) is 17.6. The summed E-state index contributed by atoms with van der Waals surface area (Å²) in [6.45, 7) is 2.42. The lowest BCUT2D eigenvalue weighted by Gasteiger charge is -2.17. The van der Waals surface area contributed by atoms with Crippen LogP contribution in [-0.2, 0) is 6.54 Å². The van der Waals surface area contributed by atoms with Crippen LogP contribution in [0.5, 0.6) is 0 Å². The standard InChI is InChI=1S/C19H15N3O3/c1-2-21-16-11-14(23)9-8-12(16)10-15-17(21)20-19(25)22(18(15)24)13-6-4-3-5-7-13/h3-11H,2H2,1H3,(H,20,25). The van der Waals surface area contributed by atoms with Crippen molar-refractivity contribution < 1.29 is 0 Å². The Labute approximate surface area is 141 Å². The second-order valence-corrected chi connectivity index (χ2v) is 5.78. The van der Waals surface area contributed by atoms with Crippen molar-refractivity contribution in [3.05, 3.63) is 85.7 Å². The molecule has 0 fully saturated rings. The highest BCUT2D eigenvalue weighted by molar-refractivity contribution is 5.83. The minimum Gasteiger partial charge on any atom is -0.327 e. The first-order valence-electron chi connectivity index (χ1n) is 7.98. The maximum atomic E-state index is 13.0. The van der Waals surface area contributed by atoms with Crippen LogP contribution in [0.25, 0.3) is 28.0 Å².